The van der Waals surface area contributed by atoms with Crippen LogP contribution in [0.25, 0.3) is 0 Å². The Hall–Kier alpha value is -0.440. The molecule has 39 heavy (non-hydrogen) atoms. The molecular weight excluding hydrogens is 510 g/mol. The maximum Gasteiger partial charge on any atom is 0.187 e. The fourth-order valence-corrected chi connectivity index (χ4v) is 5.39. The summed E-state index contributed by atoms with van der Waals surface area (Å²) in [6.07, 6.45) is 4.90. The molecule has 0 aromatic rings. The first-order valence-electron chi connectivity index (χ1n) is 15.2. The van der Waals surface area contributed by atoms with E-state index in [1.807, 2.05) is 0 Å². The number of nitrogens with one attached hydrogen (secondary N) is 1. The lowest BCUT2D eigenvalue weighted by atomic mass is 9.95. The molecule has 2 aliphatic rings. The van der Waals surface area contributed by atoms with Crippen molar-refractivity contribution in [2.45, 2.75) is 158 Å². The molecule has 0 spiro atoms. The smallest absolute Gasteiger partial charge is 0.187 e. The minimum atomic E-state index is -1.66. The maximum atomic E-state index is 10.9. The first-order chi connectivity index (χ1) is 18.8. The molecule has 2 fully saturated rings. The molecule has 0 unspecified atom stereocenters. The number of aliphatic hydroxyl groups is 7. The molecule has 0 aromatic carbocycles. The van der Waals surface area contributed by atoms with Gasteiger partial charge in [0.2, 0.25) is 0 Å². The second kappa shape index (κ2) is 19.6. The molecule has 0 amide bonds. The van der Waals surface area contributed by atoms with Crippen molar-refractivity contribution < 1.29 is 50.0 Å². The lowest BCUT2D eigenvalue weighted by molar-refractivity contribution is -0.345. The van der Waals surface area contributed by atoms with Gasteiger partial charge in [-0.3, -0.25) is 0 Å². The van der Waals surface area contributed by atoms with E-state index in [0.29, 0.717) is 6.54 Å². The van der Waals surface area contributed by atoms with Gasteiger partial charge in [0.05, 0.1) is 19.3 Å². The molecule has 0 saturated carbocycles. The lowest BCUT2D eigenvalue weighted by Gasteiger charge is -2.46. The van der Waals surface area contributed by atoms with Gasteiger partial charge >= 0.3 is 0 Å². The maximum absolute atomic E-state index is 10.9. The number of hydrogen-bond acceptors (Lipinski definition) is 11. The van der Waals surface area contributed by atoms with Crippen molar-refractivity contribution in [1.29, 1.82) is 0 Å². The largest absolute Gasteiger partial charge is 0.394 e. The Morgan fingerprint density at radius 1 is 0.590 bits per heavy atom. The molecule has 0 aliphatic carbocycles. The molecule has 2 heterocycles. The molecule has 0 radical (unpaired) electrons. The van der Waals surface area contributed by atoms with Crippen molar-refractivity contribution in [1.82, 2.24) is 5.32 Å². The van der Waals surface area contributed by atoms with E-state index in [0.717, 1.165) is 19.3 Å². The van der Waals surface area contributed by atoms with Crippen molar-refractivity contribution in [2.24, 2.45) is 0 Å². The van der Waals surface area contributed by atoms with Gasteiger partial charge in [-0.05, 0) is 13.0 Å². The van der Waals surface area contributed by atoms with Gasteiger partial charge in [-0.1, -0.05) is 90.4 Å². The first kappa shape index (κ1) is 34.8. The number of hydrogen-bond donors (Lipinski definition) is 8. The summed E-state index contributed by atoms with van der Waals surface area (Å²) in [6.45, 7) is 1.58. The monoisotopic (exact) mass is 565 g/mol. The second-order valence-electron chi connectivity index (χ2n) is 11.1. The van der Waals surface area contributed by atoms with Crippen molar-refractivity contribution in [3.05, 3.63) is 0 Å². The highest BCUT2D eigenvalue weighted by molar-refractivity contribution is 4.96. The van der Waals surface area contributed by atoms with E-state index in [1.165, 1.54) is 70.6 Å². The molecule has 11 nitrogen and oxygen atoms in total. The van der Waals surface area contributed by atoms with Crippen LogP contribution in [-0.4, -0.2) is 117 Å². The van der Waals surface area contributed by atoms with Gasteiger partial charge in [-0.25, -0.2) is 0 Å². The zero-order valence-corrected chi connectivity index (χ0v) is 23.6. The molecule has 2 aliphatic heterocycles. The van der Waals surface area contributed by atoms with Crippen LogP contribution < -0.4 is 5.32 Å². The third-order valence-electron chi connectivity index (χ3n) is 7.92. The van der Waals surface area contributed by atoms with E-state index in [2.05, 4.69) is 12.2 Å². The fourth-order valence-electron chi connectivity index (χ4n) is 5.39. The molecule has 0 bridgehead atoms. The predicted molar refractivity (Wildman–Crippen MR) is 145 cm³/mol. The molecule has 2 saturated heterocycles. The fraction of sp³-hybridized carbons (Fsp3) is 1.00. The van der Waals surface area contributed by atoms with Crippen LogP contribution in [0.5, 0.6) is 0 Å². The van der Waals surface area contributed by atoms with E-state index in [9.17, 15) is 35.7 Å². The Labute approximate surface area is 233 Å². The lowest BCUT2D eigenvalue weighted by Crippen LogP contribution is -2.66. The Morgan fingerprint density at radius 3 is 1.62 bits per heavy atom. The summed E-state index contributed by atoms with van der Waals surface area (Å²) >= 11 is 0. The molecule has 10 atom stereocenters. The summed E-state index contributed by atoms with van der Waals surface area (Å²) in [5.41, 5.74) is 0. The van der Waals surface area contributed by atoms with Gasteiger partial charge in [0, 0.05) is 0 Å². The van der Waals surface area contributed by atoms with Gasteiger partial charge in [-0.2, -0.15) is 0 Å². The number of unbranched alkanes of at least 4 members (excludes halogenated alkanes) is 13. The van der Waals surface area contributed by atoms with E-state index < -0.39 is 74.6 Å². The standard InChI is InChI=1S/C28H55NO10/c1-2-3-4-5-6-7-8-9-10-11-12-13-14-15-16-29-21-23(33)26(20(18-31)37-27(21)36)39-28-25(35)24(34)22(32)19(17-30)38-28/h19-36H,2-18H2,1H3/t19-,20-,21-,22+,23-,24+,25-,26-,27-,28+/m1/s1. The SMILES string of the molecule is CCCCCCCCCCCCCCCCN[C@@H]1[C@@H](O)[C@H](O[C@@H]2O[C@H](CO)[C@H](O)[C@H](O)[C@H]2O)[C@@H](CO)O[C@H]1O. The van der Waals surface area contributed by atoms with Gasteiger partial charge in [0.1, 0.15) is 42.7 Å². The zero-order valence-electron chi connectivity index (χ0n) is 23.6. The Balaban J connectivity index is 1.66. The van der Waals surface area contributed by atoms with Crippen LogP contribution in [0.15, 0.2) is 0 Å². The quantitative estimate of drug-likeness (QED) is 0.0972. The number of ether oxygens (including phenoxy) is 3. The Morgan fingerprint density at radius 2 is 1.10 bits per heavy atom. The third-order valence-corrected chi connectivity index (χ3v) is 7.92. The van der Waals surface area contributed by atoms with E-state index in [4.69, 9.17) is 14.2 Å². The number of rotatable bonds is 20. The summed E-state index contributed by atoms with van der Waals surface area (Å²) in [4.78, 5) is 0. The van der Waals surface area contributed by atoms with E-state index >= 15 is 0 Å². The normalized spacial score (nSPS) is 35.4. The van der Waals surface area contributed by atoms with Crippen LogP contribution in [0, 0.1) is 0 Å². The first-order valence-corrected chi connectivity index (χ1v) is 15.2. The van der Waals surface area contributed by atoms with Gasteiger partial charge < -0.3 is 55.3 Å². The average molecular weight is 566 g/mol. The molecule has 0 aromatic heterocycles. The van der Waals surface area contributed by atoms with Gasteiger partial charge in [0.25, 0.3) is 0 Å². The highest BCUT2D eigenvalue weighted by atomic mass is 16.7. The van der Waals surface area contributed by atoms with Crippen LogP contribution in [0.3, 0.4) is 0 Å². The van der Waals surface area contributed by atoms with Crippen LogP contribution >= 0.6 is 0 Å². The third kappa shape index (κ3) is 11.4. The zero-order chi connectivity index (χ0) is 28.6. The molecule has 11 heteroatoms. The van der Waals surface area contributed by atoms with E-state index in [1.54, 1.807) is 0 Å². The molecule has 2 rings (SSSR count). The van der Waals surface area contributed by atoms with Crippen LogP contribution in [0.1, 0.15) is 96.8 Å². The van der Waals surface area contributed by atoms with Gasteiger partial charge in [-0.15, -0.1) is 0 Å². The summed E-state index contributed by atoms with van der Waals surface area (Å²) in [5.74, 6) is 0. The highest BCUT2D eigenvalue weighted by Crippen LogP contribution is 2.28. The minimum absolute atomic E-state index is 0.538. The summed E-state index contributed by atoms with van der Waals surface area (Å²) < 4.78 is 16.5. The number of aliphatic hydroxyl groups excluding tert-OH is 7. The van der Waals surface area contributed by atoms with Gasteiger partial charge in [0.15, 0.2) is 12.6 Å². The average Bonchev–Trinajstić information content (AvgIpc) is 2.93. The molecule has 8 N–H and O–H groups in total. The van der Waals surface area contributed by atoms with Crippen molar-refractivity contribution >= 4 is 0 Å². The second-order valence-corrected chi connectivity index (χ2v) is 11.1. The van der Waals surface area contributed by atoms with Crippen LogP contribution in [-0.2, 0) is 14.2 Å². The topological polar surface area (TPSA) is 181 Å². The van der Waals surface area contributed by atoms with E-state index in [-0.39, 0.29) is 0 Å². The summed E-state index contributed by atoms with van der Waals surface area (Å²) in [6, 6.07) is -0.912. The Bertz CT molecular complexity index is 615. The van der Waals surface area contributed by atoms with Crippen molar-refractivity contribution in [3.8, 4) is 0 Å². The Kier molecular flexibility index (Phi) is 17.5. The highest BCUT2D eigenvalue weighted by Gasteiger charge is 2.50. The minimum Gasteiger partial charge on any atom is -0.394 e. The summed E-state index contributed by atoms with van der Waals surface area (Å²) in [5, 5.41) is 73.8. The molecule has 232 valence electrons. The predicted octanol–water partition coefficient (Wildman–Crippen LogP) is 0.681. The van der Waals surface area contributed by atoms with Crippen molar-refractivity contribution in [2.75, 3.05) is 19.8 Å². The summed E-state index contributed by atoms with van der Waals surface area (Å²) in [7, 11) is 0. The van der Waals surface area contributed by atoms with Crippen molar-refractivity contribution in [3.63, 3.8) is 0 Å². The molecular formula is C28H55NO10. The van der Waals surface area contributed by atoms with Crippen LogP contribution in [0.4, 0.5) is 0 Å². The van der Waals surface area contributed by atoms with Crippen LogP contribution in [0.2, 0.25) is 0 Å².